The van der Waals surface area contributed by atoms with Gasteiger partial charge in [0.25, 0.3) is 0 Å². The van der Waals surface area contributed by atoms with E-state index in [1.165, 1.54) is 0 Å². The van der Waals surface area contributed by atoms with E-state index in [0.717, 1.165) is 27.1 Å². The Morgan fingerprint density at radius 3 is 2.86 bits per heavy atom. The number of rotatable bonds is 2. The molecule has 0 radical (unpaired) electrons. The minimum atomic E-state index is 0.146. The monoisotopic (exact) mass is 258 g/mol. The standard InChI is InChI=1S/C10H11BrO3/c1-6-7(2-3-12)4-8(11)10-9(6)13-5-14-10/h4,12H,2-3,5H2,1H3. The molecule has 1 N–H and O–H groups in total. The fourth-order valence-corrected chi connectivity index (χ4v) is 2.16. The van der Waals surface area contributed by atoms with Crippen LogP contribution in [0.2, 0.25) is 0 Å². The quantitative estimate of drug-likeness (QED) is 0.883. The molecule has 0 atom stereocenters. The molecule has 2 rings (SSSR count). The highest BCUT2D eigenvalue weighted by Crippen LogP contribution is 2.43. The number of aliphatic hydroxyl groups is 1. The summed E-state index contributed by atoms with van der Waals surface area (Å²) >= 11 is 3.42. The first-order chi connectivity index (χ1) is 6.74. The maximum absolute atomic E-state index is 8.90. The van der Waals surface area contributed by atoms with Crippen LogP contribution in [-0.2, 0) is 6.42 Å². The van der Waals surface area contributed by atoms with Crippen LogP contribution >= 0.6 is 15.9 Å². The van der Waals surface area contributed by atoms with Crippen LogP contribution < -0.4 is 9.47 Å². The molecular formula is C10H11BrO3. The SMILES string of the molecule is Cc1c(CCO)cc(Br)c2c1OCO2. The van der Waals surface area contributed by atoms with Crippen LogP contribution in [0, 0.1) is 6.92 Å². The third-order valence-electron chi connectivity index (χ3n) is 2.33. The second-order valence-electron chi connectivity index (χ2n) is 3.18. The Labute approximate surface area is 90.8 Å². The van der Waals surface area contributed by atoms with Gasteiger partial charge >= 0.3 is 0 Å². The minimum Gasteiger partial charge on any atom is -0.453 e. The van der Waals surface area contributed by atoms with Crippen LogP contribution in [-0.4, -0.2) is 18.5 Å². The van der Waals surface area contributed by atoms with Crippen molar-refractivity contribution >= 4 is 15.9 Å². The number of benzene rings is 1. The lowest BCUT2D eigenvalue weighted by molar-refractivity contribution is 0.173. The molecule has 0 saturated heterocycles. The van der Waals surface area contributed by atoms with Crippen molar-refractivity contribution in [2.24, 2.45) is 0 Å². The molecule has 0 fully saturated rings. The van der Waals surface area contributed by atoms with Crippen LogP contribution in [0.25, 0.3) is 0 Å². The van der Waals surface area contributed by atoms with E-state index in [1.54, 1.807) is 0 Å². The van der Waals surface area contributed by atoms with Crippen molar-refractivity contribution in [3.8, 4) is 11.5 Å². The average molecular weight is 259 g/mol. The van der Waals surface area contributed by atoms with Gasteiger partial charge in [-0.1, -0.05) is 0 Å². The van der Waals surface area contributed by atoms with E-state index in [0.29, 0.717) is 6.42 Å². The predicted molar refractivity (Wildman–Crippen MR) is 55.8 cm³/mol. The number of fused-ring (bicyclic) bond motifs is 1. The zero-order valence-electron chi connectivity index (χ0n) is 7.84. The van der Waals surface area contributed by atoms with Crippen LogP contribution in [0.15, 0.2) is 10.5 Å². The smallest absolute Gasteiger partial charge is 0.231 e. The number of ether oxygens (including phenoxy) is 2. The molecule has 0 saturated carbocycles. The molecule has 76 valence electrons. The van der Waals surface area contributed by atoms with Gasteiger partial charge in [0.15, 0.2) is 11.5 Å². The van der Waals surface area contributed by atoms with Crippen molar-refractivity contribution in [2.45, 2.75) is 13.3 Å². The summed E-state index contributed by atoms with van der Waals surface area (Å²) in [5.74, 6) is 1.56. The molecule has 3 nitrogen and oxygen atoms in total. The Morgan fingerprint density at radius 2 is 2.14 bits per heavy atom. The van der Waals surface area contributed by atoms with Gasteiger partial charge in [-0.25, -0.2) is 0 Å². The Morgan fingerprint density at radius 1 is 1.43 bits per heavy atom. The molecule has 1 aromatic carbocycles. The molecule has 0 spiro atoms. The van der Waals surface area contributed by atoms with Gasteiger partial charge < -0.3 is 14.6 Å². The summed E-state index contributed by atoms with van der Waals surface area (Å²) in [5, 5.41) is 8.90. The first-order valence-corrected chi connectivity index (χ1v) is 5.21. The summed E-state index contributed by atoms with van der Waals surface area (Å²) in [5.41, 5.74) is 2.14. The van der Waals surface area contributed by atoms with Gasteiger partial charge in [0.1, 0.15) is 0 Å². The molecule has 1 aliphatic heterocycles. The summed E-state index contributed by atoms with van der Waals surface area (Å²) in [6.45, 7) is 2.40. The fourth-order valence-electron chi connectivity index (χ4n) is 1.59. The summed E-state index contributed by atoms with van der Waals surface area (Å²) < 4.78 is 11.6. The second-order valence-corrected chi connectivity index (χ2v) is 4.04. The lowest BCUT2D eigenvalue weighted by Gasteiger charge is -2.08. The first-order valence-electron chi connectivity index (χ1n) is 4.42. The molecule has 0 aliphatic carbocycles. The lowest BCUT2D eigenvalue weighted by atomic mass is 10.0. The van der Waals surface area contributed by atoms with Gasteiger partial charge in [0, 0.05) is 6.61 Å². The normalized spacial score (nSPS) is 13.4. The third-order valence-corrected chi connectivity index (χ3v) is 2.92. The summed E-state index contributed by atoms with van der Waals surface area (Å²) in [4.78, 5) is 0. The molecule has 4 heteroatoms. The van der Waals surface area contributed by atoms with E-state index >= 15 is 0 Å². The Hall–Kier alpha value is -0.740. The second kappa shape index (κ2) is 3.79. The molecule has 1 aromatic rings. The first kappa shape index (κ1) is 9.80. The van der Waals surface area contributed by atoms with Gasteiger partial charge in [-0.15, -0.1) is 0 Å². The van der Waals surface area contributed by atoms with Crippen LogP contribution in [0.5, 0.6) is 11.5 Å². The van der Waals surface area contributed by atoms with E-state index < -0.39 is 0 Å². The van der Waals surface area contributed by atoms with E-state index in [2.05, 4.69) is 15.9 Å². The van der Waals surface area contributed by atoms with E-state index in [9.17, 15) is 0 Å². The zero-order chi connectivity index (χ0) is 10.1. The van der Waals surface area contributed by atoms with Gasteiger partial charge in [0.05, 0.1) is 4.47 Å². The molecule has 0 aromatic heterocycles. The molecule has 14 heavy (non-hydrogen) atoms. The summed E-state index contributed by atoms with van der Waals surface area (Å²) in [6.07, 6.45) is 0.640. The molecular weight excluding hydrogens is 248 g/mol. The number of halogens is 1. The van der Waals surface area contributed by atoms with Crippen molar-refractivity contribution in [2.75, 3.05) is 13.4 Å². The largest absolute Gasteiger partial charge is 0.453 e. The number of hydrogen-bond acceptors (Lipinski definition) is 3. The van der Waals surface area contributed by atoms with Crippen LogP contribution in [0.1, 0.15) is 11.1 Å². The lowest BCUT2D eigenvalue weighted by Crippen LogP contribution is -1.96. The van der Waals surface area contributed by atoms with E-state index in [-0.39, 0.29) is 13.4 Å². The highest BCUT2D eigenvalue weighted by atomic mass is 79.9. The van der Waals surface area contributed by atoms with Crippen molar-refractivity contribution < 1.29 is 14.6 Å². The zero-order valence-corrected chi connectivity index (χ0v) is 9.43. The molecule has 0 bridgehead atoms. The minimum absolute atomic E-state index is 0.146. The van der Waals surface area contributed by atoms with Crippen molar-refractivity contribution in [1.82, 2.24) is 0 Å². The average Bonchev–Trinajstić information content (AvgIpc) is 2.63. The Bertz CT molecular complexity index is 363. The highest BCUT2D eigenvalue weighted by molar-refractivity contribution is 9.10. The van der Waals surface area contributed by atoms with Gasteiger partial charge in [-0.05, 0) is 46.5 Å². The fraction of sp³-hybridized carbons (Fsp3) is 0.400. The van der Waals surface area contributed by atoms with E-state index in [1.807, 2.05) is 13.0 Å². The van der Waals surface area contributed by atoms with Gasteiger partial charge in [-0.3, -0.25) is 0 Å². The Balaban J connectivity index is 2.50. The van der Waals surface area contributed by atoms with Crippen molar-refractivity contribution in [1.29, 1.82) is 0 Å². The summed E-state index contributed by atoms with van der Waals surface area (Å²) in [7, 11) is 0. The molecule has 1 aliphatic rings. The number of aliphatic hydroxyl groups excluding tert-OH is 1. The third kappa shape index (κ3) is 1.48. The number of hydrogen-bond donors (Lipinski definition) is 1. The topological polar surface area (TPSA) is 38.7 Å². The van der Waals surface area contributed by atoms with Crippen LogP contribution in [0.4, 0.5) is 0 Å². The van der Waals surface area contributed by atoms with Gasteiger partial charge in [-0.2, -0.15) is 0 Å². The van der Waals surface area contributed by atoms with Crippen molar-refractivity contribution in [3.05, 3.63) is 21.7 Å². The van der Waals surface area contributed by atoms with Crippen LogP contribution in [0.3, 0.4) is 0 Å². The maximum atomic E-state index is 8.90. The summed E-state index contributed by atoms with van der Waals surface area (Å²) in [6, 6.07) is 1.97. The molecule has 0 unspecified atom stereocenters. The van der Waals surface area contributed by atoms with Crippen molar-refractivity contribution in [3.63, 3.8) is 0 Å². The highest BCUT2D eigenvalue weighted by Gasteiger charge is 2.21. The maximum Gasteiger partial charge on any atom is 0.231 e. The Kier molecular flexibility index (Phi) is 2.65. The molecule has 1 heterocycles. The van der Waals surface area contributed by atoms with Gasteiger partial charge in [0.2, 0.25) is 6.79 Å². The molecule has 0 amide bonds. The van der Waals surface area contributed by atoms with E-state index in [4.69, 9.17) is 14.6 Å². The predicted octanol–water partition coefficient (Wildman–Crippen LogP) is 2.02.